The van der Waals surface area contributed by atoms with E-state index in [-0.39, 0.29) is 11.1 Å². The van der Waals surface area contributed by atoms with Crippen LogP contribution in [0.25, 0.3) is 0 Å². The number of hydrogen-bond donors (Lipinski definition) is 1. The number of aromatic carboxylic acids is 1. The number of carbonyl (C=O) groups is 1. The molecule has 2 aromatic rings. The van der Waals surface area contributed by atoms with Crippen LogP contribution in [-0.4, -0.2) is 20.9 Å². The van der Waals surface area contributed by atoms with Gasteiger partial charge in [0.1, 0.15) is 5.82 Å². The van der Waals surface area contributed by atoms with Gasteiger partial charge in [-0.3, -0.25) is 4.68 Å². The van der Waals surface area contributed by atoms with Gasteiger partial charge in [-0.1, -0.05) is 6.07 Å². The molecule has 22 heavy (non-hydrogen) atoms. The number of carboxylic acids is 1. The molecule has 8 heteroatoms. The molecule has 3 rings (SSSR count). The summed E-state index contributed by atoms with van der Waals surface area (Å²) in [6.45, 7) is 0. The van der Waals surface area contributed by atoms with Gasteiger partial charge in [0.2, 0.25) is 0 Å². The molecule has 0 radical (unpaired) electrons. The van der Waals surface area contributed by atoms with E-state index < -0.39 is 29.1 Å². The predicted molar refractivity (Wildman–Crippen MR) is 66.9 cm³/mol. The van der Waals surface area contributed by atoms with E-state index in [1.54, 1.807) is 0 Å². The van der Waals surface area contributed by atoms with Crippen molar-refractivity contribution in [1.29, 1.82) is 0 Å². The van der Waals surface area contributed by atoms with Gasteiger partial charge in [0, 0.05) is 6.20 Å². The maximum Gasteiger partial charge on any atom is 0.416 e. The second-order valence-electron chi connectivity index (χ2n) is 5.20. The minimum absolute atomic E-state index is 0.0959. The van der Waals surface area contributed by atoms with Crippen LogP contribution in [0.3, 0.4) is 0 Å². The SMILES string of the molecule is O=C(O)c1cnn(C2(c3ccc(F)cc3C(F)(F)F)CC2)c1. The Bertz CT molecular complexity index is 748. The fourth-order valence-corrected chi connectivity index (χ4v) is 2.56. The van der Waals surface area contributed by atoms with Crippen LogP contribution in [0.1, 0.15) is 34.3 Å². The van der Waals surface area contributed by atoms with Crippen molar-refractivity contribution < 1.29 is 27.5 Å². The Balaban J connectivity index is 2.12. The molecule has 0 aliphatic heterocycles. The Hall–Kier alpha value is -2.38. The summed E-state index contributed by atoms with van der Waals surface area (Å²) in [5.41, 5.74) is -2.33. The quantitative estimate of drug-likeness (QED) is 0.885. The summed E-state index contributed by atoms with van der Waals surface area (Å²) in [6, 6.07) is 2.51. The minimum atomic E-state index is -4.70. The highest BCUT2D eigenvalue weighted by molar-refractivity contribution is 5.86. The fourth-order valence-electron chi connectivity index (χ4n) is 2.56. The van der Waals surface area contributed by atoms with E-state index in [0.717, 1.165) is 18.3 Å². The van der Waals surface area contributed by atoms with Crippen LogP contribution in [0.15, 0.2) is 30.6 Å². The topological polar surface area (TPSA) is 55.1 Å². The van der Waals surface area contributed by atoms with Gasteiger partial charge in [0.15, 0.2) is 0 Å². The summed E-state index contributed by atoms with van der Waals surface area (Å²) in [5.74, 6) is -2.18. The Morgan fingerprint density at radius 2 is 2.00 bits per heavy atom. The van der Waals surface area contributed by atoms with E-state index in [1.165, 1.54) is 10.9 Å². The first-order chi connectivity index (χ1) is 10.2. The average Bonchev–Trinajstić information content (AvgIpc) is 3.07. The lowest BCUT2D eigenvalue weighted by atomic mass is 9.97. The lowest BCUT2D eigenvalue weighted by Crippen LogP contribution is -2.24. The second-order valence-corrected chi connectivity index (χ2v) is 5.20. The molecule has 1 N–H and O–H groups in total. The Labute approximate surface area is 122 Å². The molecule has 4 nitrogen and oxygen atoms in total. The van der Waals surface area contributed by atoms with Crippen LogP contribution >= 0.6 is 0 Å². The molecule has 0 saturated heterocycles. The van der Waals surface area contributed by atoms with Crippen molar-refractivity contribution in [3.05, 3.63) is 53.1 Å². The highest BCUT2D eigenvalue weighted by Crippen LogP contribution is 2.52. The zero-order valence-corrected chi connectivity index (χ0v) is 11.1. The summed E-state index contributed by atoms with van der Waals surface area (Å²) in [6.07, 6.45) is -1.67. The average molecular weight is 314 g/mol. The molecule has 1 aromatic heterocycles. The van der Waals surface area contributed by atoms with Gasteiger partial charge in [-0.05, 0) is 30.5 Å². The number of alkyl halides is 3. The van der Waals surface area contributed by atoms with E-state index in [1.807, 2.05) is 0 Å². The molecule has 0 bridgehead atoms. The smallest absolute Gasteiger partial charge is 0.416 e. The third kappa shape index (κ3) is 2.24. The first-order valence-corrected chi connectivity index (χ1v) is 6.40. The predicted octanol–water partition coefficient (Wildman–Crippen LogP) is 3.28. The van der Waals surface area contributed by atoms with Gasteiger partial charge in [-0.15, -0.1) is 0 Å². The Morgan fingerprint density at radius 1 is 1.32 bits per heavy atom. The first kappa shape index (κ1) is 14.6. The molecular weight excluding hydrogens is 304 g/mol. The van der Waals surface area contributed by atoms with Crippen LogP contribution in [0.4, 0.5) is 17.6 Å². The molecule has 1 saturated carbocycles. The van der Waals surface area contributed by atoms with Crippen LogP contribution in [0.2, 0.25) is 0 Å². The fraction of sp³-hybridized carbons (Fsp3) is 0.286. The highest BCUT2D eigenvalue weighted by atomic mass is 19.4. The number of aromatic nitrogens is 2. The highest BCUT2D eigenvalue weighted by Gasteiger charge is 2.51. The minimum Gasteiger partial charge on any atom is -0.478 e. The Kier molecular flexibility index (Phi) is 3.01. The number of benzene rings is 1. The van der Waals surface area contributed by atoms with Gasteiger partial charge in [0.25, 0.3) is 0 Å². The molecule has 1 fully saturated rings. The van der Waals surface area contributed by atoms with Gasteiger partial charge >= 0.3 is 12.1 Å². The monoisotopic (exact) mass is 314 g/mol. The van der Waals surface area contributed by atoms with Crippen LogP contribution < -0.4 is 0 Å². The van der Waals surface area contributed by atoms with Gasteiger partial charge in [-0.2, -0.15) is 18.3 Å². The van der Waals surface area contributed by atoms with E-state index in [4.69, 9.17) is 5.11 Å². The molecule has 1 aromatic carbocycles. The molecule has 0 spiro atoms. The van der Waals surface area contributed by atoms with Gasteiger partial charge in [0.05, 0.1) is 22.9 Å². The Morgan fingerprint density at radius 3 is 2.50 bits per heavy atom. The molecular formula is C14H10F4N2O2. The molecule has 0 amide bonds. The van der Waals surface area contributed by atoms with Crippen molar-refractivity contribution >= 4 is 5.97 Å². The van der Waals surface area contributed by atoms with Crippen molar-refractivity contribution in [2.45, 2.75) is 24.6 Å². The van der Waals surface area contributed by atoms with Gasteiger partial charge < -0.3 is 5.11 Å². The van der Waals surface area contributed by atoms with Crippen LogP contribution in [0, 0.1) is 5.82 Å². The lowest BCUT2D eigenvalue weighted by molar-refractivity contribution is -0.138. The molecule has 1 aliphatic rings. The number of rotatable bonds is 3. The standard InChI is InChI=1S/C14H10F4N2O2/c15-9-1-2-10(11(5-9)14(16,17)18)13(3-4-13)20-7-8(6-19-20)12(21)22/h1-2,5-7H,3-4H2,(H,21,22). The third-order valence-corrected chi connectivity index (χ3v) is 3.78. The van der Waals surface area contributed by atoms with Crippen molar-refractivity contribution in [2.75, 3.05) is 0 Å². The number of nitrogens with zero attached hydrogens (tertiary/aromatic N) is 2. The van der Waals surface area contributed by atoms with E-state index in [9.17, 15) is 22.4 Å². The molecule has 116 valence electrons. The summed E-state index contributed by atoms with van der Waals surface area (Å²) in [5, 5.41) is 12.8. The van der Waals surface area contributed by atoms with Crippen molar-refractivity contribution in [3.63, 3.8) is 0 Å². The largest absolute Gasteiger partial charge is 0.478 e. The molecule has 0 atom stereocenters. The summed E-state index contributed by atoms with van der Waals surface area (Å²) in [7, 11) is 0. The number of carboxylic acid groups (broad SMARTS) is 1. The van der Waals surface area contributed by atoms with Crippen molar-refractivity contribution in [1.82, 2.24) is 9.78 Å². The number of hydrogen-bond acceptors (Lipinski definition) is 2. The maximum atomic E-state index is 13.2. The van der Waals surface area contributed by atoms with Gasteiger partial charge in [-0.25, -0.2) is 9.18 Å². The zero-order chi connectivity index (χ0) is 16.1. The first-order valence-electron chi connectivity index (χ1n) is 6.40. The van der Waals surface area contributed by atoms with Crippen LogP contribution in [0.5, 0.6) is 0 Å². The van der Waals surface area contributed by atoms with Crippen LogP contribution in [-0.2, 0) is 11.7 Å². The normalized spacial score (nSPS) is 16.5. The van der Waals surface area contributed by atoms with Crippen molar-refractivity contribution in [2.24, 2.45) is 0 Å². The van der Waals surface area contributed by atoms with E-state index in [0.29, 0.717) is 18.9 Å². The molecule has 1 heterocycles. The summed E-state index contributed by atoms with van der Waals surface area (Å²) < 4.78 is 53.9. The summed E-state index contributed by atoms with van der Waals surface area (Å²) in [4.78, 5) is 10.9. The maximum absolute atomic E-state index is 13.2. The second kappa shape index (κ2) is 4.56. The van der Waals surface area contributed by atoms with Crippen molar-refractivity contribution in [3.8, 4) is 0 Å². The molecule has 0 unspecified atom stereocenters. The lowest BCUT2D eigenvalue weighted by Gasteiger charge is -2.21. The third-order valence-electron chi connectivity index (χ3n) is 3.78. The van der Waals surface area contributed by atoms with E-state index in [2.05, 4.69) is 5.10 Å². The molecule has 1 aliphatic carbocycles. The van der Waals surface area contributed by atoms with E-state index >= 15 is 0 Å². The number of halogens is 4. The summed E-state index contributed by atoms with van der Waals surface area (Å²) >= 11 is 0. The zero-order valence-electron chi connectivity index (χ0n) is 11.1.